The van der Waals surface area contributed by atoms with Crippen LogP contribution in [0.3, 0.4) is 0 Å². The van der Waals surface area contributed by atoms with Crippen molar-refractivity contribution in [3.05, 3.63) is 65.2 Å². The number of nitrogens with zero attached hydrogens (tertiary/aromatic N) is 1. The highest BCUT2D eigenvalue weighted by Crippen LogP contribution is 2.13. The Labute approximate surface area is 128 Å². The third kappa shape index (κ3) is 3.71. The van der Waals surface area contributed by atoms with E-state index in [9.17, 15) is 13.2 Å². The van der Waals surface area contributed by atoms with Crippen LogP contribution in [0.4, 0.5) is 0 Å². The number of rotatable bonds is 4. The summed E-state index contributed by atoms with van der Waals surface area (Å²) in [5, 5.41) is 8.96. The van der Waals surface area contributed by atoms with Gasteiger partial charge in [0.15, 0.2) is 9.84 Å². The first-order valence-corrected chi connectivity index (χ1v) is 8.26. The van der Waals surface area contributed by atoms with Gasteiger partial charge in [0, 0.05) is 11.8 Å². The second-order valence-electron chi connectivity index (χ2n) is 4.64. The molecule has 0 N–H and O–H groups in total. The fourth-order valence-electron chi connectivity index (χ4n) is 1.82. The van der Waals surface area contributed by atoms with E-state index in [1.165, 1.54) is 24.3 Å². The number of nitriles is 1. The Morgan fingerprint density at radius 1 is 1.14 bits per heavy atom. The van der Waals surface area contributed by atoms with E-state index in [1.54, 1.807) is 24.3 Å². The van der Waals surface area contributed by atoms with Crippen molar-refractivity contribution in [2.45, 2.75) is 11.5 Å². The standard InChI is InChI=1S/C16H13NO4S/c1-22(19,20)15-8-6-12(7-9-15)16(18)21-11-14-5-3-2-4-13(14)10-17/h2-9H,11H2,1H3. The summed E-state index contributed by atoms with van der Waals surface area (Å²) in [5.74, 6) is -0.576. The summed E-state index contributed by atoms with van der Waals surface area (Å²) in [6.07, 6.45) is 1.10. The summed E-state index contributed by atoms with van der Waals surface area (Å²) in [6, 6.07) is 14.4. The molecule has 0 aliphatic carbocycles. The minimum atomic E-state index is -3.30. The predicted molar refractivity (Wildman–Crippen MR) is 79.8 cm³/mol. The molecule has 0 unspecified atom stereocenters. The monoisotopic (exact) mass is 315 g/mol. The zero-order valence-corrected chi connectivity index (χ0v) is 12.6. The molecule has 0 atom stereocenters. The van der Waals surface area contributed by atoms with Gasteiger partial charge in [-0.15, -0.1) is 0 Å². The summed E-state index contributed by atoms with van der Waals surface area (Å²) in [4.78, 5) is 12.1. The molecule has 2 aromatic rings. The van der Waals surface area contributed by atoms with Gasteiger partial charge in [0.1, 0.15) is 6.61 Å². The number of esters is 1. The number of sulfone groups is 1. The van der Waals surface area contributed by atoms with Crippen LogP contribution in [0, 0.1) is 11.3 Å². The molecule has 0 saturated carbocycles. The molecule has 0 bridgehead atoms. The van der Waals surface area contributed by atoms with Crippen LogP contribution in [0.2, 0.25) is 0 Å². The lowest BCUT2D eigenvalue weighted by Gasteiger charge is -2.07. The van der Waals surface area contributed by atoms with E-state index >= 15 is 0 Å². The number of carbonyl (C=O) groups excluding carboxylic acids is 1. The molecule has 0 aromatic heterocycles. The Bertz CT molecular complexity index is 833. The van der Waals surface area contributed by atoms with Crippen LogP contribution in [0.5, 0.6) is 0 Å². The van der Waals surface area contributed by atoms with Gasteiger partial charge in [-0.25, -0.2) is 13.2 Å². The van der Waals surface area contributed by atoms with Gasteiger partial charge in [-0.3, -0.25) is 0 Å². The summed E-state index contributed by atoms with van der Waals surface area (Å²) >= 11 is 0. The van der Waals surface area contributed by atoms with E-state index in [0.29, 0.717) is 11.1 Å². The average molecular weight is 315 g/mol. The van der Waals surface area contributed by atoms with E-state index in [4.69, 9.17) is 10.00 Å². The van der Waals surface area contributed by atoms with E-state index in [2.05, 4.69) is 0 Å². The Hall–Kier alpha value is -2.65. The number of carbonyl (C=O) groups is 1. The van der Waals surface area contributed by atoms with E-state index in [0.717, 1.165) is 6.26 Å². The molecule has 5 nitrogen and oxygen atoms in total. The molecule has 22 heavy (non-hydrogen) atoms. The largest absolute Gasteiger partial charge is 0.457 e. The smallest absolute Gasteiger partial charge is 0.338 e. The molecule has 2 rings (SSSR count). The fraction of sp³-hybridized carbons (Fsp3) is 0.125. The summed E-state index contributed by atoms with van der Waals surface area (Å²) < 4.78 is 27.8. The predicted octanol–water partition coefficient (Wildman–Crippen LogP) is 2.32. The van der Waals surface area contributed by atoms with Crippen LogP contribution in [0.1, 0.15) is 21.5 Å². The van der Waals surface area contributed by atoms with Crippen LogP contribution in [0.25, 0.3) is 0 Å². The quantitative estimate of drug-likeness (QED) is 0.808. The van der Waals surface area contributed by atoms with Crippen LogP contribution in [-0.4, -0.2) is 20.6 Å². The summed E-state index contributed by atoms with van der Waals surface area (Å²) in [6.45, 7) is -0.0175. The van der Waals surface area contributed by atoms with Gasteiger partial charge in [-0.2, -0.15) is 5.26 Å². The Morgan fingerprint density at radius 2 is 1.77 bits per heavy atom. The minimum absolute atomic E-state index is 0.0175. The van der Waals surface area contributed by atoms with Crippen molar-refractivity contribution in [3.63, 3.8) is 0 Å². The lowest BCUT2D eigenvalue weighted by Crippen LogP contribution is -2.06. The molecule has 0 radical (unpaired) electrons. The first-order valence-electron chi connectivity index (χ1n) is 6.37. The Kier molecular flexibility index (Phi) is 4.59. The zero-order valence-electron chi connectivity index (χ0n) is 11.8. The number of benzene rings is 2. The van der Waals surface area contributed by atoms with Crippen molar-refractivity contribution in [2.75, 3.05) is 6.26 Å². The molecule has 0 spiro atoms. The van der Waals surface area contributed by atoms with Gasteiger partial charge in [0.25, 0.3) is 0 Å². The Morgan fingerprint density at radius 3 is 2.36 bits per heavy atom. The second kappa shape index (κ2) is 6.41. The van der Waals surface area contributed by atoms with Crippen molar-refractivity contribution in [2.24, 2.45) is 0 Å². The van der Waals surface area contributed by atoms with Crippen molar-refractivity contribution in [3.8, 4) is 6.07 Å². The highest BCUT2D eigenvalue weighted by Gasteiger charge is 2.11. The Balaban J connectivity index is 2.09. The van der Waals surface area contributed by atoms with Gasteiger partial charge < -0.3 is 4.74 Å². The third-order valence-corrected chi connectivity index (χ3v) is 4.14. The number of hydrogen-bond donors (Lipinski definition) is 0. The topological polar surface area (TPSA) is 84.2 Å². The van der Waals surface area contributed by atoms with Gasteiger partial charge in [0.2, 0.25) is 0 Å². The highest BCUT2D eigenvalue weighted by molar-refractivity contribution is 7.90. The van der Waals surface area contributed by atoms with Crippen molar-refractivity contribution in [1.29, 1.82) is 5.26 Å². The minimum Gasteiger partial charge on any atom is -0.457 e. The molecular weight excluding hydrogens is 302 g/mol. The molecule has 0 aliphatic rings. The number of hydrogen-bond acceptors (Lipinski definition) is 5. The summed E-state index contributed by atoms with van der Waals surface area (Å²) in [5.41, 5.74) is 1.32. The van der Waals surface area contributed by atoms with Gasteiger partial charge in [-0.1, -0.05) is 18.2 Å². The molecule has 112 valence electrons. The van der Waals surface area contributed by atoms with Gasteiger partial charge >= 0.3 is 5.97 Å². The zero-order chi connectivity index (χ0) is 16.2. The molecule has 0 heterocycles. The molecule has 0 amide bonds. The molecule has 0 saturated heterocycles. The van der Waals surface area contributed by atoms with Gasteiger partial charge in [-0.05, 0) is 30.3 Å². The van der Waals surface area contributed by atoms with Gasteiger partial charge in [0.05, 0.1) is 22.1 Å². The summed E-state index contributed by atoms with van der Waals surface area (Å²) in [7, 11) is -3.30. The van der Waals surface area contributed by atoms with Crippen LogP contribution in [-0.2, 0) is 21.2 Å². The molecule has 2 aromatic carbocycles. The normalized spacial score (nSPS) is 10.7. The maximum Gasteiger partial charge on any atom is 0.338 e. The second-order valence-corrected chi connectivity index (χ2v) is 6.66. The fourth-order valence-corrected chi connectivity index (χ4v) is 2.45. The van der Waals surface area contributed by atoms with Crippen molar-refractivity contribution < 1.29 is 17.9 Å². The third-order valence-electron chi connectivity index (χ3n) is 3.01. The molecule has 0 fully saturated rings. The lowest BCUT2D eigenvalue weighted by molar-refractivity contribution is 0.0472. The van der Waals surface area contributed by atoms with Crippen LogP contribution >= 0.6 is 0 Å². The maximum atomic E-state index is 11.9. The van der Waals surface area contributed by atoms with E-state index < -0.39 is 15.8 Å². The first-order chi connectivity index (χ1) is 10.4. The molecule has 6 heteroatoms. The van der Waals surface area contributed by atoms with Crippen LogP contribution in [0.15, 0.2) is 53.4 Å². The maximum absolute atomic E-state index is 11.9. The van der Waals surface area contributed by atoms with Crippen LogP contribution < -0.4 is 0 Å². The van der Waals surface area contributed by atoms with Crippen molar-refractivity contribution >= 4 is 15.8 Å². The van der Waals surface area contributed by atoms with E-state index in [1.807, 2.05) is 6.07 Å². The molecular formula is C16H13NO4S. The first kappa shape index (κ1) is 15.7. The molecule has 0 aliphatic heterocycles. The number of ether oxygens (including phenoxy) is 1. The highest BCUT2D eigenvalue weighted by atomic mass is 32.2. The van der Waals surface area contributed by atoms with E-state index in [-0.39, 0.29) is 17.1 Å². The average Bonchev–Trinajstić information content (AvgIpc) is 2.52. The van der Waals surface area contributed by atoms with Crippen molar-refractivity contribution in [1.82, 2.24) is 0 Å². The SMILES string of the molecule is CS(=O)(=O)c1ccc(C(=O)OCc2ccccc2C#N)cc1. The lowest BCUT2D eigenvalue weighted by atomic mass is 10.1.